The van der Waals surface area contributed by atoms with Crippen LogP contribution in [0, 0.1) is 34.5 Å². The molecule has 0 aromatic heterocycles. The van der Waals surface area contributed by atoms with E-state index >= 15 is 0 Å². The van der Waals surface area contributed by atoms with Crippen LogP contribution < -0.4 is 11.2 Å². The Kier molecular flexibility index (Phi) is 5.78. The summed E-state index contributed by atoms with van der Waals surface area (Å²) in [6, 6.07) is 0. The normalized spacial score (nSPS) is 42.1. The SMILES string of the molecule is CC(=O)O[C@H]1CC[C@@]2(C)[C@@H](CC[C@H]3[C@@H]4CC=C(/C(C)=N/NC(N)=S)[C@@]4(C)C(=O)C[C@@H]32)C1. The number of rotatable bonds is 3. The van der Waals surface area contributed by atoms with Gasteiger partial charge in [-0.3, -0.25) is 15.0 Å². The second-order valence-electron chi connectivity index (χ2n) is 10.5. The third-order valence-electron chi connectivity index (χ3n) is 9.13. The number of ketones is 1. The Hall–Kier alpha value is -1.76. The lowest BCUT2D eigenvalue weighted by atomic mass is 9.44. The van der Waals surface area contributed by atoms with Gasteiger partial charge in [0.15, 0.2) is 5.11 Å². The Balaban J connectivity index is 1.57. The van der Waals surface area contributed by atoms with E-state index in [0.717, 1.165) is 49.8 Å². The van der Waals surface area contributed by atoms with Gasteiger partial charge in [0.2, 0.25) is 0 Å². The summed E-state index contributed by atoms with van der Waals surface area (Å²) in [7, 11) is 0. The standard InChI is InChI=1S/C24H35N3O3S/c1-13(26-27-22(25)31)18-7-8-19-17-6-5-15-11-16(30-14(2)28)9-10-23(15,3)20(17)12-21(29)24(18,19)4/h7,15-17,19-20H,5-6,8-12H2,1-4H3,(H3,25,27,31)/b26-13+/t15-,16-,17-,19-,20-,23-,24+/m0/s1. The Labute approximate surface area is 190 Å². The molecule has 7 atom stereocenters. The third kappa shape index (κ3) is 3.62. The fourth-order valence-electron chi connectivity index (χ4n) is 7.59. The molecule has 7 heteroatoms. The van der Waals surface area contributed by atoms with E-state index in [-0.39, 0.29) is 22.6 Å². The summed E-state index contributed by atoms with van der Waals surface area (Å²) in [6.45, 7) is 7.95. The highest BCUT2D eigenvalue weighted by Gasteiger charge is 2.62. The number of esters is 1. The molecular weight excluding hydrogens is 410 g/mol. The van der Waals surface area contributed by atoms with Crippen molar-refractivity contribution >= 4 is 34.8 Å². The average molecular weight is 446 g/mol. The molecular formula is C24H35N3O3S. The van der Waals surface area contributed by atoms with Crippen molar-refractivity contribution in [1.82, 2.24) is 5.43 Å². The molecule has 0 amide bonds. The molecule has 0 saturated heterocycles. The summed E-state index contributed by atoms with van der Waals surface area (Å²) in [5, 5.41) is 4.46. The highest BCUT2D eigenvalue weighted by molar-refractivity contribution is 7.80. The van der Waals surface area contributed by atoms with Crippen LogP contribution in [0.4, 0.5) is 0 Å². The molecule has 4 aliphatic carbocycles. The molecule has 0 aromatic rings. The number of thiocarbonyl (C=S) groups is 1. The first kappa shape index (κ1) is 22.4. The number of hydrogen-bond donors (Lipinski definition) is 2. The van der Waals surface area contributed by atoms with Gasteiger partial charge in [-0.25, -0.2) is 0 Å². The molecule has 3 saturated carbocycles. The number of allylic oxidation sites excluding steroid dienone is 2. The summed E-state index contributed by atoms with van der Waals surface area (Å²) >= 11 is 4.87. The molecule has 3 fully saturated rings. The third-order valence-corrected chi connectivity index (χ3v) is 9.22. The molecule has 0 bridgehead atoms. The van der Waals surface area contributed by atoms with Gasteiger partial charge in [-0.05, 0) is 99.2 Å². The molecule has 170 valence electrons. The highest BCUT2D eigenvalue weighted by atomic mass is 32.1. The van der Waals surface area contributed by atoms with E-state index < -0.39 is 5.41 Å². The molecule has 0 heterocycles. The van der Waals surface area contributed by atoms with Crippen LogP contribution in [0.2, 0.25) is 0 Å². The zero-order chi connectivity index (χ0) is 22.6. The van der Waals surface area contributed by atoms with Crippen LogP contribution in [0.3, 0.4) is 0 Å². The number of carbonyl (C=O) groups is 2. The van der Waals surface area contributed by atoms with Crippen LogP contribution in [-0.4, -0.2) is 28.7 Å². The van der Waals surface area contributed by atoms with Crippen molar-refractivity contribution in [3.05, 3.63) is 11.6 Å². The van der Waals surface area contributed by atoms with E-state index in [2.05, 4.69) is 30.5 Å². The number of nitrogens with two attached hydrogens (primary N) is 1. The van der Waals surface area contributed by atoms with Crippen molar-refractivity contribution in [2.24, 2.45) is 45.3 Å². The van der Waals surface area contributed by atoms with Gasteiger partial charge in [0.25, 0.3) is 0 Å². The van der Waals surface area contributed by atoms with Gasteiger partial charge in [-0.15, -0.1) is 0 Å². The Morgan fingerprint density at radius 2 is 2.00 bits per heavy atom. The van der Waals surface area contributed by atoms with E-state index in [0.29, 0.717) is 35.9 Å². The minimum atomic E-state index is -0.481. The molecule has 0 spiro atoms. The molecule has 6 nitrogen and oxygen atoms in total. The van der Waals surface area contributed by atoms with Crippen molar-refractivity contribution < 1.29 is 14.3 Å². The zero-order valence-corrected chi connectivity index (χ0v) is 19.9. The predicted octanol–water partition coefficient (Wildman–Crippen LogP) is 3.89. The molecule has 31 heavy (non-hydrogen) atoms. The number of hydrogen-bond acceptors (Lipinski definition) is 5. The molecule has 0 aromatic carbocycles. The van der Waals surface area contributed by atoms with E-state index in [1.807, 2.05) is 6.92 Å². The van der Waals surface area contributed by atoms with Crippen molar-refractivity contribution in [2.45, 2.75) is 78.7 Å². The van der Waals surface area contributed by atoms with Crippen molar-refractivity contribution in [3.63, 3.8) is 0 Å². The fraction of sp³-hybridized carbons (Fsp3) is 0.750. The number of nitrogens with one attached hydrogen (secondary N) is 1. The predicted molar refractivity (Wildman–Crippen MR) is 124 cm³/mol. The second kappa shape index (κ2) is 7.98. The summed E-state index contributed by atoms with van der Waals surface area (Å²) in [4.78, 5) is 25.1. The minimum Gasteiger partial charge on any atom is -0.463 e. The zero-order valence-electron chi connectivity index (χ0n) is 19.1. The Morgan fingerprint density at radius 3 is 2.68 bits per heavy atom. The van der Waals surface area contributed by atoms with Gasteiger partial charge in [0.05, 0.1) is 11.1 Å². The lowest BCUT2D eigenvalue weighted by molar-refractivity contribution is -0.162. The van der Waals surface area contributed by atoms with Crippen molar-refractivity contribution in [3.8, 4) is 0 Å². The number of nitrogens with zero attached hydrogens (tertiary/aromatic N) is 1. The number of carbonyl (C=O) groups excluding carboxylic acids is 2. The summed E-state index contributed by atoms with van der Waals surface area (Å²) in [6.07, 6.45) is 9.00. The lowest BCUT2D eigenvalue weighted by Gasteiger charge is -2.60. The van der Waals surface area contributed by atoms with Crippen LogP contribution in [0.15, 0.2) is 16.8 Å². The number of fused-ring (bicyclic) bond motifs is 5. The van der Waals surface area contributed by atoms with E-state index in [9.17, 15) is 9.59 Å². The first-order valence-electron chi connectivity index (χ1n) is 11.6. The van der Waals surface area contributed by atoms with Crippen molar-refractivity contribution in [2.75, 3.05) is 0 Å². The maximum absolute atomic E-state index is 13.7. The second-order valence-corrected chi connectivity index (χ2v) is 11.0. The van der Waals surface area contributed by atoms with Gasteiger partial charge < -0.3 is 10.5 Å². The van der Waals surface area contributed by atoms with Crippen LogP contribution in [-0.2, 0) is 14.3 Å². The molecule has 0 aliphatic heterocycles. The molecule has 4 rings (SSSR count). The highest BCUT2D eigenvalue weighted by Crippen LogP contribution is 2.65. The van der Waals surface area contributed by atoms with E-state index in [1.165, 1.54) is 6.92 Å². The van der Waals surface area contributed by atoms with Gasteiger partial charge >= 0.3 is 5.97 Å². The van der Waals surface area contributed by atoms with E-state index in [4.69, 9.17) is 22.7 Å². The van der Waals surface area contributed by atoms with Crippen LogP contribution >= 0.6 is 12.2 Å². The Bertz CT molecular complexity index is 868. The lowest BCUT2D eigenvalue weighted by Crippen LogP contribution is -2.57. The first-order chi connectivity index (χ1) is 14.6. The van der Waals surface area contributed by atoms with Gasteiger partial charge in [-0.1, -0.05) is 13.0 Å². The average Bonchev–Trinajstić information content (AvgIpc) is 3.06. The molecule has 0 radical (unpaired) electrons. The molecule has 0 unspecified atom stereocenters. The quantitative estimate of drug-likeness (QED) is 0.296. The van der Waals surface area contributed by atoms with Gasteiger partial charge in [0, 0.05) is 13.3 Å². The van der Waals surface area contributed by atoms with E-state index in [1.54, 1.807) is 0 Å². The summed E-state index contributed by atoms with van der Waals surface area (Å²) < 4.78 is 5.56. The van der Waals surface area contributed by atoms with Crippen LogP contribution in [0.1, 0.15) is 72.6 Å². The summed E-state index contributed by atoms with van der Waals surface area (Å²) in [5.41, 5.74) is 9.71. The number of hydrazone groups is 1. The van der Waals surface area contributed by atoms with Gasteiger partial charge in [0.1, 0.15) is 11.9 Å². The van der Waals surface area contributed by atoms with Crippen LogP contribution in [0.5, 0.6) is 0 Å². The number of ether oxygens (including phenoxy) is 1. The summed E-state index contributed by atoms with van der Waals surface area (Å²) in [5.74, 6) is 1.96. The maximum Gasteiger partial charge on any atom is 0.302 e. The fourth-order valence-corrected chi connectivity index (χ4v) is 7.64. The minimum absolute atomic E-state index is 0.0383. The largest absolute Gasteiger partial charge is 0.463 e. The van der Waals surface area contributed by atoms with Crippen molar-refractivity contribution in [1.29, 1.82) is 0 Å². The molecule has 3 N–H and O–H groups in total. The monoisotopic (exact) mass is 445 g/mol. The Morgan fingerprint density at radius 1 is 1.26 bits per heavy atom. The van der Waals surface area contributed by atoms with Crippen LogP contribution in [0.25, 0.3) is 0 Å². The number of Topliss-reactive ketones (excluding diaryl/α,β-unsaturated/α-hetero) is 1. The van der Waals surface area contributed by atoms with Gasteiger partial charge in [-0.2, -0.15) is 5.10 Å². The topological polar surface area (TPSA) is 93.8 Å². The molecule has 4 aliphatic rings. The maximum atomic E-state index is 13.7. The first-order valence-corrected chi connectivity index (χ1v) is 12.0. The smallest absolute Gasteiger partial charge is 0.302 e.